The van der Waals surface area contributed by atoms with Crippen LogP contribution < -0.4 is 15.0 Å². The molecule has 0 radical (unpaired) electrons. The molecule has 0 aliphatic heterocycles. The molecule has 0 atom stereocenters. The first-order chi connectivity index (χ1) is 12.0. The van der Waals surface area contributed by atoms with E-state index in [1.165, 1.54) is 20.3 Å². The number of fused-ring (bicyclic) bond motifs is 1. The molecule has 0 fully saturated rings. The minimum absolute atomic E-state index is 0.0743. The summed E-state index contributed by atoms with van der Waals surface area (Å²) in [5, 5.41) is 10.9. The van der Waals surface area contributed by atoms with Crippen molar-refractivity contribution in [1.82, 2.24) is 9.97 Å². The zero-order chi connectivity index (χ0) is 18.0. The van der Waals surface area contributed by atoms with Crippen molar-refractivity contribution in [3.8, 4) is 11.5 Å². The van der Waals surface area contributed by atoms with Gasteiger partial charge in [0, 0.05) is 17.2 Å². The Labute approximate surface area is 148 Å². The Hall–Kier alpha value is -2.99. The number of halogens is 1. The molecule has 0 aliphatic carbocycles. The highest BCUT2D eigenvalue weighted by molar-refractivity contribution is 6.31. The van der Waals surface area contributed by atoms with Gasteiger partial charge < -0.3 is 19.6 Å². The van der Waals surface area contributed by atoms with Crippen molar-refractivity contribution in [2.45, 2.75) is 0 Å². The minimum atomic E-state index is -0.436. The number of hydrogen-bond acceptors (Lipinski definition) is 5. The molecule has 0 saturated carbocycles. The van der Waals surface area contributed by atoms with E-state index in [1.54, 1.807) is 36.4 Å². The number of ether oxygens (including phenoxy) is 2. The standard InChI is InChI=1S/C18H15ClN2O4/c1-24-11-4-5-12(17(8-11)25-2)16(22)9-15-18(23)21-14-7-10(19)3-6-13(14)20-15/h3-9,22H,1-2H3,(H,21,23). The molecule has 0 bridgehead atoms. The second-order valence-corrected chi connectivity index (χ2v) is 5.64. The van der Waals surface area contributed by atoms with Gasteiger partial charge in [-0.3, -0.25) is 4.79 Å². The SMILES string of the molecule is COc1ccc(C(O)=Cc2nc3ccc(Cl)cc3[nH]c2=O)c(OC)c1. The van der Waals surface area contributed by atoms with Gasteiger partial charge >= 0.3 is 0 Å². The quantitative estimate of drug-likeness (QED) is 0.695. The zero-order valence-corrected chi connectivity index (χ0v) is 14.3. The van der Waals surface area contributed by atoms with E-state index in [-0.39, 0.29) is 11.5 Å². The lowest BCUT2D eigenvalue weighted by Gasteiger charge is -2.09. The number of nitrogens with zero attached hydrogens (tertiary/aromatic N) is 1. The average molecular weight is 359 g/mol. The van der Waals surface area contributed by atoms with Crippen LogP contribution in [0.15, 0.2) is 41.2 Å². The van der Waals surface area contributed by atoms with Gasteiger partial charge in [0.2, 0.25) is 0 Å². The molecule has 0 aliphatic rings. The monoisotopic (exact) mass is 358 g/mol. The molecule has 25 heavy (non-hydrogen) atoms. The van der Waals surface area contributed by atoms with Gasteiger partial charge in [0.1, 0.15) is 23.0 Å². The van der Waals surface area contributed by atoms with Gasteiger partial charge in [-0.2, -0.15) is 0 Å². The molecule has 2 aromatic carbocycles. The lowest BCUT2D eigenvalue weighted by atomic mass is 10.1. The average Bonchev–Trinajstić information content (AvgIpc) is 2.61. The molecular weight excluding hydrogens is 344 g/mol. The summed E-state index contributed by atoms with van der Waals surface area (Å²) in [4.78, 5) is 19.2. The van der Waals surface area contributed by atoms with Crippen LogP contribution in [0.4, 0.5) is 0 Å². The number of aromatic amines is 1. The molecule has 128 valence electrons. The Morgan fingerprint density at radius 3 is 2.72 bits per heavy atom. The predicted molar refractivity (Wildman–Crippen MR) is 97.4 cm³/mol. The Balaban J connectivity index is 2.08. The van der Waals surface area contributed by atoms with Gasteiger partial charge in [-0.15, -0.1) is 0 Å². The van der Waals surface area contributed by atoms with Crippen molar-refractivity contribution in [3.63, 3.8) is 0 Å². The number of rotatable bonds is 4. The van der Waals surface area contributed by atoms with Crippen molar-refractivity contribution in [2.75, 3.05) is 14.2 Å². The van der Waals surface area contributed by atoms with E-state index in [0.29, 0.717) is 33.1 Å². The highest BCUT2D eigenvalue weighted by Crippen LogP contribution is 2.29. The number of methoxy groups -OCH3 is 2. The lowest BCUT2D eigenvalue weighted by Crippen LogP contribution is -2.12. The highest BCUT2D eigenvalue weighted by Gasteiger charge is 2.11. The normalized spacial score (nSPS) is 11.6. The first-order valence-corrected chi connectivity index (χ1v) is 7.72. The van der Waals surface area contributed by atoms with Gasteiger partial charge in [0.25, 0.3) is 5.56 Å². The fourth-order valence-electron chi connectivity index (χ4n) is 2.39. The summed E-state index contributed by atoms with van der Waals surface area (Å²) in [6, 6.07) is 9.94. The molecule has 0 spiro atoms. The van der Waals surface area contributed by atoms with E-state index in [0.717, 1.165) is 0 Å². The van der Waals surface area contributed by atoms with Gasteiger partial charge in [-0.25, -0.2) is 4.98 Å². The maximum absolute atomic E-state index is 12.2. The summed E-state index contributed by atoms with van der Waals surface area (Å²) in [5.74, 6) is 0.856. The molecule has 3 aromatic rings. The van der Waals surface area contributed by atoms with Crippen LogP contribution in [0, 0.1) is 0 Å². The van der Waals surface area contributed by atoms with Gasteiger partial charge in [0.05, 0.1) is 30.8 Å². The van der Waals surface area contributed by atoms with E-state index in [2.05, 4.69) is 9.97 Å². The summed E-state index contributed by atoms with van der Waals surface area (Å²) >= 11 is 5.91. The van der Waals surface area contributed by atoms with Crippen molar-refractivity contribution in [3.05, 3.63) is 63.0 Å². The zero-order valence-electron chi connectivity index (χ0n) is 13.5. The van der Waals surface area contributed by atoms with Gasteiger partial charge in [0.15, 0.2) is 0 Å². The van der Waals surface area contributed by atoms with E-state index >= 15 is 0 Å². The second-order valence-electron chi connectivity index (χ2n) is 5.21. The Morgan fingerprint density at radius 1 is 1.20 bits per heavy atom. The minimum Gasteiger partial charge on any atom is -0.507 e. The van der Waals surface area contributed by atoms with Crippen LogP contribution in [0.3, 0.4) is 0 Å². The van der Waals surface area contributed by atoms with Crippen LogP contribution in [-0.4, -0.2) is 29.3 Å². The van der Waals surface area contributed by atoms with Crippen LogP contribution in [-0.2, 0) is 0 Å². The van der Waals surface area contributed by atoms with Crippen LogP contribution in [0.1, 0.15) is 11.3 Å². The Bertz CT molecular complexity index is 1030. The lowest BCUT2D eigenvalue weighted by molar-refractivity contribution is 0.391. The van der Waals surface area contributed by atoms with Crippen molar-refractivity contribution < 1.29 is 14.6 Å². The number of nitrogens with one attached hydrogen (secondary N) is 1. The Morgan fingerprint density at radius 2 is 2.00 bits per heavy atom. The molecule has 2 N–H and O–H groups in total. The summed E-state index contributed by atoms with van der Waals surface area (Å²) < 4.78 is 10.4. The molecule has 0 saturated heterocycles. The number of hydrogen-bond donors (Lipinski definition) is 2. The van der Waals surface area contributed by atoms with E-state index in [1.807, 2.05) is 0 Å². The topological polar surface area (TPSA) is 84.4 Å². The fraction of sp³-hybridized carbons (Fsp3) is 0.111. The molecule has 0 unspecified atom stereocenters. The van der Waals surface area contributed by atoms with Crippen LogP contribution in [0.25, 0.3) is 22.9 Å². The van der Waals surface area contributed by atoms with Gasteiger partial charge in [-0.05, 0) is 30.3 Å². The summed E-state index contributed by atoms with van der Waals surface area (Å²) in [6.45, 7) is 0. The molecule has 1 heterocycles. The first kappa shape index (κ1) is 16.9. The molecule has 6 nitrogen and oxygen atoms in total. The third-order valence-electron chi connectivity index (χ3n) is 3.64. The molecular formula is C18H15ClN2O4. The van der Waals surface area contributed by atoms with Crippen LogP contribution in [0.2, 0.25) is 5.02 Å². The highest BCUT2D eigenvalue weighted by atomic mass is 35.5. The van der Waals surface area contributed by atoms with Crippen LogP contribution >= 0.6 is 11.6 Å². The number of benzene rings is 2. The molecule has 3 rings (SSSR count). The third kappa shape index (κ3) is 3.44. The Kier molecular flexibility index (Phi) is 4.63. The number of aromatic nitrogens is 2. The van der Waals surface area contributed by atoms with Crippen LogP contribution in [0.5, 0.6) is 11.5 Å². The molecule has 0 amide bonds. The maximum Gasteiger partial charge on any atom is 0.274 e. The second kappa shape index (κ2) is 6.86. The van der Waals surface area contributed by atoms with Crippen molar-refractivity contribution in [2.24, 2.45) is 0 Å². The van der Waals surface area contributed by atoms with E-state index < -0.39 is 5.56 Å². The first-order valence-electron chi connectivity index (χ1n) is 7.34. The third-order valence-corrected chi connectivity index (χ3v) is 3.87. The predicted octanol–water partition coefficient (Wildman–Crippen LogP) is 3.65. The number of aliphatic hydroxyl groups excluding tert-OH is 1. The van der Waals surface area contributed by atoms with E-state index in [9.17, 15) is 9.90 Å². The molecule has 1 aromatic heterocycles. The number of H-pyrrole nitrogens is 1. The molecule has 7 heteroatoms. The fourth-order valence-corrected chi connectivity index (χ4v) is 2.56. The van der Waals surface area contributed by atoms with Crippen molar-refractivity contribution >= 4 is 34.5 Å². The summed E-state index contributed by atoms with van der Waals surface area (Å²) in [5.41, 5.74) is 1.14. The summed E-state index contributed by atoms with van der Waals surface area (Å²) in [6.07, 6.45) is 1.29. The van der Waals surface area contributed by atoms with Crippen molar-refractivity contribution in [1.29, 1.82) is 0 Å². The number of aliphatic hydroxyl groups is 1. The summed E-state index contributed by atoms with van der Waals surface area (Å²) in [7, 11) is 3.02. The maximum atomic E-state index is 12.2. The van der Waals surface area contributed by atoms with Gasteiger partial charge in [-0.1, -0.05) is 11.6 Å². The van der Waals surface area contributed by atoms with E-state index in [4.69, 9.17) is 21.1 Å². The largest absolute Gasteiger partial charge is 0.507 e. The smallest absolute Gasteiger partial charge is 0.274 e.